The summed E-state index contributed by atoms with van der Waals surface area (Å²) in [6, 6.07) is 5.46. The van der Waals surface area contributed by atoms with Gasteiger partial charge in [-0.2, -0.15) is 10.1 Å². The van der Waals surface area contributed by atoms with Crippen LogP contribution in [0.3, 0.4) is 0 Å². The Morgan fingerprint density at radius 2 is 2.00 bits per heavy atom. The molecule has 132 valence electrons. The van der Waals surface area contributed by atoms with Crippen molar-refractivity contribution >= 4 is 41.4 Å². The van der Waals surface area contributed by atoms with E-state index in [9.17, 15) is 4.79 Å². The number of anilines is 2. The van der Waals surface area contributed by atoms with E-state index in [1.165, 1.54) is 0 Å². The number of piperazine rings is 1. The third kappa shape index (κ3) is 4.70. The maximum atomic E-state index is 10.8. The Hall–Kier alpha value is -2.12. The molecule has 0 bridgehead atoms. The van der Waals surface area contributed by atoms with E-state index in [0.717, 1.165) is 37.3 Å². The molecule has 1 aliphatic rings. The Bertz CT molecular complexity index is 736. The molecule has 25 heavy (non-hydrogen) atoms. The van der Waals surface area contributed by atoms with Crippen LogP contribution in [-0.2, 0) is 11.2 Å². The number of carbonyl (C=O) groups is 1. The van der Waals surface area contributed by atoms with E-state index in [2.05, 4.69) is 25.4 Å². The van der Waals surface area contributed by atoms with E-state index in [1.54, 1.807) is 17.2 Å². The van der Waals surface area contributed by atoms with Crippen LogP contribution in [0.4, 0.5) is 11.8 Å². The highest BCUT2D eigenvalue weighted by molar-refractivity contribution is 6.35. The molecule has 2 aromatic rings. The minimum Gasteiger partial charge on any atom is -0.353 e. The normalized spacial score (nSPS) is 14.5. The molecule has 2 heterocycles. The topological polar surface area (TPSA) is 74.2 Å². The van der Waals surface area contributed by atoms with E-state index in [4.69, 9.17) is 23.2 Å². The lowest BCUT2D eigenvalue weighted by molar-refractivity contribution is -0.118. The van der Waals surface area contributed by atoms with E-state index < -0.39 is 0 Å². The van der Waals surface area contributed by atoms with Crippen molar-refractivity contribution in [2.45, 2.75) is 6.42 Å². The molecule has 3 rings (SSSR count). The van der Waals surface area contributed by atoms with Crippen molar-refractivity contribution in [1.29, 1.82) is 0 Å². The minimum absolute atomic E-state index is 0.473. The summed E-state index contributed by atoms with van der Waals surface area (Å²) in [7, 11) is 0. The van der Waals surface area contributed by atoms with Crippen molar-refractivity contribution in [1.82, 2.24) is 20.1 Å². The first-order valence-electron chi connectivity index (χ1n) is 7.97. The van der Waals surface area contributed by atoms with Crippen LogP contribution in [0.15, 0.2) is 24.4 Å². The first kappa shape index (κ1) is 17.7. The van der Waals surface area contributed by atoms with Gasteiger partial charge in [0.2, 0.25) is 12.4 Å². The molecule has 0 atom stereocenters. The van der Waals surface area contributed by atoms with Crippen molar-refractivity contribution in [3.05, 3.63) is 40.0 Å². The van der Waals surface area contributed by atoms with Gasteiger partial charge in [-0.1, -0.05) is 29.3 Å². The maximum Gasteiger partial charge on any atom is 0.244 e. The Balaban J connectivity index is 1.56. The molecule has 1 aliphatic heterocycles. The molecular formula is C16H18Cl2N6O. The summed E-state index contributed by atoms with van der Waals surface area (Å²) in [5, 5.41) is 12.5. The SMILES string of the molecule is O=CN1CCN(c2cnnc(NCCc3ccc(Cl)cc3Cl)n2)CC1. The van der Waals surface area contributed by atoms with Gasteiger partial charge in [0.1, 0.15) is 0 Å². The standard InChI is InChI=1S/C16H18Cl2N6O/c17-13-2-1-12(14(18)9-13)3-4-19-16-21-15(10-20-22-16)24-7-5-23(11-25)6-8-24/h1-2,9-11H,3-8H2,(H,19,21,22). The molecule has 9 heteroatoms. The predicted molar refractivity (Wildman–Crippen MR) is 98.3 cm³/mol. The summed E-state index contributed by atoms with van der Waals surface area (Å²) in [4.78, 5) is 19.1. The van der Waals surface area contributed by atoms with Gasteiger partial charge in [-0.05, 0) is 24.1 Å². The molecule has 0 unspecified atom stereocenters. The molecule has 7 nitrogen and oxygen atoms in total. The van der Waals surface area contributed by atoms with E-state index >= 15 is 0 Å². The van der Waals surface area contributed by atoms with Gasteiger partial charge in [-0.3, -0.25) is 4.79 Å². The minimum atomic E-state index is 0.473. The Morgan fingerprint density at radius 1 is 1.20 bits per heavy atom. The fraction of sp³-hybridized carbons (Fsp3) is 0.375. The molecule has 0 spiro atoms. The molecule has 1 aromatic heterocycles. The summed E-state index contributed by atoms with van der Waals surface area (Å²) in [5.74, 6) is 1.23. The smallest absolute Gasteiger partial charge is 0.244 e. The van der Waals surface area contributed by atoms with E-state index in [1.807, 2.05) is 12.1 Å². The molecule has 1 fully saturated rings. The fourth-order valence-corrected chi connectivity index (χ4v) is 3.11. The van der Waals surface area contributed by atoms with Gasteiger partial charge in [-0.25, -0.2) is 0 Å². The summed E-state index contributed by atoms with van der Waals surface area (Å²) < 4.78 is 0. The van der Waals surface area contributed by atoms with E-state index in [-0.39, 0.29) is 0 Å². The Kier molecular flexibility index (Phi) is 5.88. The van der Waals surface area contributed by atoms with Crippen LogP contribution in [0.5, 0.6) is 0 Å². The van der Waals surface area contributed by atoms with E-state index in [0.29, 0.717) is 35.6 Å². The van der Waals surface area contributed by atoms with Gasteiger partial charge < -0.3 is 15.1 Å². The number of halogens is 2. The first-order chi connectivity index (χ1) is 12.2. The van der Waals surface area contributed by atoms with Crippen molar-refractivity contribution < 1.29 is 4.79 Å². The lowest BCUT2D eigenvalue weighted by Crippen LogP contribution is -2.46. The summed E-state index contributed by atoms with van der Waals surface area (Å²) in [5.41, 5.74) is 1.01. The molecule has 1 N–H and O–H groups in total. The van der Waals surface area contributed by atoms with Crippen LogP contribution in [0.25, 0.3) is 0 Å². The van der Waals surface area contributed by atoms with Crippen molar-refractivity contribution in [3.8, 4) is 0 Å². The number of hydrogen-bond donors (Lipinski definition) is 1. The summed E-state index contributed by atoms with van der Waals surface area (Å²) >= 11 is 12.1. The predicted octanol–water partition coefficient (Wildman–Crippen LogP) is 2.11. The van der Waals surface area contributed by atoms with Crippen molar-refractivity contribution in [3.63, 3.8) is 0 Å². The highest BCUT2D eigenvalue weighted by atomic mass is 35.5. The monoisotopic (exact) mass is 380 g/mol. The molecule has 1 amide bonds. The Labute approximate surface area is 156 Å². The second kappa shape index (κ2) is 8.31. The second-order valence-electron chi connectivity index (χ2n) is 5.68. The highest BCUT2D eigenvalue weighted by Gasteiger charge is 2.17. The molecule has 0 aliphatic carbocycles. The number of hydrogen-bond acceptors (Lipinski definition) is 6. The highest BCUT2D eigenvalue weighted by Crippen LogP contribution is 2.21. The van der Waals surface area contributed by atoms with Crippen LogP contribution in [0.2, 0.25) is 10.0 Å². The zero-order chi connectivity index (χ0) is 17.6. The second-order valence-corrected chi connectivity index (χ2v) is 6.52. The maximum absolute atomic E-state index is 10.8. The number of rotatable bonds is 6. The quantitative estimate of drug-likeness (QED) is 0.773. The number of benzene rings is 1. The largest absolute Gasteiger partial charge is 0.353 e. The lowest BCUT2D eigenvalue weighted by Gasteiger charge is -2.33. The van der Waals surface area contributed by atoms with Crippen LogP contribution in [0.1, 0.15) is 5.56 Å². The summed E-state index contributed by atoms with van der Waals surface area (Å²) in [6.45, 7) is 3.47. The Morgan fingerprint density at radius 3 is 2.72 bits per heavy atom. The number of amides is 1. The zero-order valence-corrected chi connectivity index (χ0v) is 15.0. The molecule has 1 aromatic carbocycles. The van der Waals surface area contributed by atoms with Crippen molar-refractivity contribution in [2.24, 2.45) is 0 Å². The zero-order valence-electron chi connectivity index (χ0n) is 13.5. The van der Waals surface area contributed by atoms with Crippen LogP contribution in [-0.4, -0.2) is 59.2 Å². The average Bonchev–Trinajstić information content (AvgIpc) is 2.64. The fourth-order valence-electron chi connectivity index (χ4n) is 2.61. The molecule has 0 radical (unpaired) electrons. The van der Waals surface area contributed by atoms with Crippen LogP contribution >= 0.6 is 23.2 Å². The van der Waals surface area contributed by atoms with Crippen LogP contribution < -0.4 is 10.2 Å². The molecule has 0 saturated carbocycles. The van der Waals surface area contributed by atoms with Crippen LogP contribution in [0, 0.1) is 0 Å². The molecular weight excluding hydrogens is 363 g/mol. The number of carbonyl (C=O) groups excluding carboxylic acids is 1. The van der Waals surface area contributed by atoms with Gasteiger partial charge in [0.25, 0.3) is 0 Å². The summed E-state index contributed by atoms with van der Waals surface area (Å²) in [6.07, 6.45) is 3.24. The van der Waals surface area contributed by atoms with Gasteiger partial charge in [0.05, 0.1) is 6.20 Å². The van der Waals surface area contributed by atoms with Gasteiger partial charge in [-0.15, -0.1) is 5.10 Å². The third-order valence-electron chi connectivity index (χ3n) is 4.03. The number of aromatic nitrogens is 3. The first-order valence-corrected chi connectivity index (χ1v) is 8.73. The van der Waals surface area contributed by atoms with Gasteiger partial charge >= 0.3 is 0 Å². The third-order valence-corrected chi connectivity index (χ3v) is 4.61. The molecule has 1 saturated heterocycles. The van der Waals surface area contributed by atoms with Crippen molar-refractivity contribution in [2.75, 3.05) is 42.9 Å². The number of nitrogens with zero attached hydrogens (tertiary/aromatic N) is 5. The van der Waals surface area contributed by atoms with Gasteiger partial charge in [0.15, 0.2) is 5.82 Å². The number of nitrogens with one attached hydrogen (secondary N) is 1. The van der Waals surface area contributed by atoms with Gasteiger partial charge in [0, 0.05) is 42.8 Å². The average molecular weight is 381 g/mol. The lowest BCUT2D eigenvalue weighted by atomic mass is 10.1.